The summed E-state index contributed by atoms with van der Waals surface area (Å²) in [6, 6.07) is 26.6. The van der Waals surface area contributed by atoms with Crippen LogP contribution in [0, 0.1) is 5.92 Å². The van der Waals surface area contributed by atoms with E-state index in [-0.39, 0.29) is 17.3 Å². The minimum atomic E-state index is -0.119. The Bertz CT molecular complexity index is 1720. The highest BCUT2D eigenvalue weighted by atomic mass is 16.1. The summed E-state index contributed by atoms with van der Waals surface area (Å²) in [5, 5.41) is 0. The quantitative estimate of drug-likeness (QED) is 0.228. The zero-order chi connectivity index (χ0) is 29.6. The van der Waals surface area contributed by atoms with Crippen LogP contribution in [0.4, 0.5) is 0 Å². The van der Waals surface area contributed by atoms with Gasteiger partial charge in [-0.3, -0.25) is 14.3 Å². The summed E-state index contributed by atoms with van der Waals surface area (Å²) in [4.78, 5) is 38.9. The van der Waals surface area contributed by atoms with E-state index in [0.29, 0.717) is 18.0 Å². The van der Waals surface area contributed by atoms with Crippen LogP contribution in [0.1, 0.15) is 57.8 Å². The Morgan fingerprint density at radius 1 is 0.833 bits per heavy atom. The number of piperidine rings is 1. The zero-order valence-corrected chi connectivity index (χ0v) is 25.1. The summed E-state index contributed by atoms with van der Waals surface area (Å²) in [5.41, 5.74) is 7.05. The molecule has 0 atom stereocenters. The average Bonchev–Trinajstić information content (AvgIpc) is 3.36. The Balaban J connectivity index is 0.00000173. The van der Waals surface area contributed by atoms with Crippen molar-refractivity contribution >= 4 is 11.0 Å². The molecule has 42 heavy (non-hydrogen) atoms. The lowest BCUT2D eigenvalue weighted by atomic mass is 10.0. The van der Waals surface area contributed by atoms with E-state index in [9.17, 15) is 9.59 Å². The monoisotopic (exact) mass is 563 g/mol. The molecule has 3 heterocycles. The Kier molecular flexibility index (Phi) is 9.18. The number of nitrogens with one attached hydrogen (secondary N) is 2. The molecule has 2 aromatic heterocycles. The average molecular weight is 564 g/mol. The normalized spacial score (nSPS) is 14.2. The fourth-order valence-electron chi connectivity index (χ4n) is 5.83. The standard InChI is InChI=1S/C33H35N5O2.C2H6/c1-22(2)20-28-32(39)36-31(24-8-4-3-5-9-24)30(34-28)25-14-12-23(13-15-25)21-37-18-16-26(17-19-37)38-29-11-7-6-10-27(29)35-33(38)40;1-2/h3-15,22,26H,16-21H2,1-2H3,(H,35,40)(H,36,39);1-2H3. The number of hydrogen-bond acceptors (Lipinski definition) is 4. The van der Waals surface area contributed by atoms with Gasteiger partial charge in [0.1, 0.15) is 5.69 Å². The number of rotatable bonds is 7. The highest BCUT2D eigenvalue weighted by molar-refractivity contribution is 5.78. The number of fused-ring (bicyclic) bond motifs is 1. The van der Waals surface area contributed by atoms with Crippen molar-refractivity contribution in [1.29, 1.82) is 0 Å². The molecule has 5 aromatic rings. The van der Waals surface area contributed by atoms with E-state index in [1.54, 1.807) is 0 Å². The van der Waals surface area contributed by atoms with Gasteiger partial charge in [0, 0.05) is 36.8 Å². The molecule has 0 unspecified atom stereocenters. The number of H-pyrrole nitrogens is 2. The predicted octanol–water partition coefficient (Wildman–Crippen LogP) is 6.81. The number of benzene rings is 3. The second-order valence-electron chi connectivity index (χ2n) is 11.2. The van der Waals surface area contributed by atoms with Crippen molar-refractivity contribution in [1.82, 2.24) is 24.4 Å². The van der Waals surface area contributed by atoms with Crippen LogP contribution in [-0.2, 0) is 13.0 Å². The van der Waals surface area contributed by atoms with Crippen molar-refractivity contribution in [2.45, 2.75) is 59.5 Å². The van der Waals surface area contributed by atoms with Crippen LogP contribution in [0.3, 0.4) is 0 Å². The van der Waals surface area contributed by atoms with Gasteiger partial charge in [-0.05, 0) is 42.9 Å². The van der Waals surface area contributed by atoms with E-state index in [1.807, 2.05) is 73.0 Å². The van der Waals surface area contributed by atoms with Gasteiger partial charge in [-0.1, -0.05) is 94.4 Å². The molecule has 6 rings (SSSR count). The molecule has 0 spiro atoms. The number of para-hydroxylation sites is 2. The first-order chi connectivity index (χ1) is 20.5. The molecule has 1 aliphatic heterocycles. The molecular weight excluding hydrogens is 522 g/mol. The lowest BCUT2D eigenvalue weighted by molar-refractivity contribution is 0.180. The summed E-state index contributed by atoms with van der Waals surface area (Å²) < 4.78 is 1.94. The van der Waals surface area contributed by atoms with Crippen molar-refractivity contribution in [2.75, 3.05) is 13.1 Å². The lowest BCUT2D eigenvalue weighted by Crippen LogP contribution is -2.36. The Labute approximate surface area is 247 Å². The van der Waals surface area contributed by atoms with Crippen molar-refractivity contribution in [2.24, 2.45) is 5.92 Å². The van der Waals surface area contributed by atoms with E-state index >= 15 is 0 Å². The van der Waals surface area contributed by atoms with Gasteiger partial charge in [0.15, 0.2) is 0 Å². The maximum atomic E-state index is 12.8. The molecule has 1 saturated heterocycles. The van der Waals surface area contributed by atoms with Crippen molar-refractivity contribution in [3.05, 3.63) is 111 Å². The first kappa shape index (κ1) is 29.3. The highest BCUT2D eigenvalue weighted by Gasteiger charge is 2.24. The summed E-state index contributed by atoms with van der Waals surface area (Å²) >= 11 is 0. The molecule has 7 heteroatoms. The Hall–Kier alpha value is -4.23. The van der Waals surface area contributed by atoms with Crippen LogP contribution < -0.4 is 11.2 Å². The molecule has 218 valence electrons. The van der Waals surface area contributed by atoms with Crippen LogP contribution in [-0.4, -0.2) is 37.5 Å². The van der Waals surface area contributed by atoms with Gasteiger partial charge in [-0.15, -0.1) is 0 Å². The molecule has 1 aliphatic rings. The Morgan fingerprint density at radius 3 is 2.19 bits per heavy atom. The number of aromatic amines is 2. The molecular formula is C35H41N5O2. The van der Waals surface area contributed by atoms with Gasteiger partial charge >= 0.3 is 5.69 Å². The Morgan fingerprint density at radius 2 is 1.50 bits per heavy atom. The summed E-state index contributed by atoms with van der Waals surface area (Å²) in [7, 11) is 0. The number of nitrogens with zero attached hydrogens (tertiary/aromatic N) is 3. The maximum Gasteiger partial charge on any atom is 0.326 e. The van der Waals surface area contributed by atoms with Crippen molar-refractivity contribution < 1.29 is 0 Å². The third-order valence-electron chi connectivity index (χ3n) is 7.83. The molecule has 0 aliphatic carbocycles. The second kappa shape index (κ2) is 13.2. The van der Waals surface area contributed by atoms with E-state index in [0.717, 1.165) is 66.0 Å². The first-order valence-corrected chi connectivity index (χ1v) is 15.2. The fraction of sp³-hybridized carbons (Fsp3) is 0.343. The SMILES string of the molecule is CC.CC(C)Cc1nc(-c2ccc(CN3CCC(n4c(=O)[nH]c5ccccc54)CC3)cc2)c(-c2ccccc2)[nH]c1=O. The highest BCUT2D eigenvalue weighted by Crippen LogP contribution is 2.30. The fourth-order valence-corrected chi connectivity index (χ4v) is 5.83. The molecule has 1 fully saturated rings. The number of imidazole rings is 1. The van der Waals surface area contributed by atoms with Gasteiger partial charge in [0.05, 0.1) is 22.4 Å². The van der Waals surface area contributed by atoms with Crippen LogP contribution in [0.5, 0.6) is 0 Å². The van der Waals surface area contributed by atoms with Gasteiger partial charge < -0.3 is 9.97 Å². The summed E-state index contributed by atoms with van der Waals surface area (Å²) in [6.45, 7) is 10.9. The van der Waals surface area contributed by atoms with Gasteiger partial charge in [0.2, 0.25) is 0 Å². The lowest BCUT2D eigenvalue weighted by Gasteiger charge is -2.32. The van der Waals surface area contributed by atoms with Crippen molar-refractivity contribution in [3.8, 4) is 22.5 Å². The molecule has 2 N–H and O–H groups in total. The molecule has 7 nitrogen and oxygen atoms in total. The maximum absolute atomic E-state index is 12.8. The predicted molar refractivity (Wildman–Crippen MR) is 172 cm³/mol. The summed E-state index contributed by atoms with van der Waals surface area (Å²) in [5.74, 6) is 0.338. The van der Waals surface area contributed by atoms with Gasteiger partial charge in [0.25, 0.3) is 5.56 Å². The molecule has 0 amide bonds. The third-order valence-corrected chi connectivity index (χ3v) is 7.83. The van der Waals surface area contributed by atoms with Crippen molar-refractivity contribution in [3.63, 3.8) is 0 Å². The van der Waals surface area contributed by atoms with Crippen LogP contribution in [0.15, 0.2) is 88.5 Å². The topological polar surface area (TPSA) is 86.8 Å². The molecule has 3 aromatic carbocycles. The number of aromatic nitrogens is 4. The molecule has 0 saturated carbocycles. The van der Waals surface area contributed by atoms with Crippen LogP contribution in [0.2, 0.25) is 0 Å². The zero-order valence-electron chi connectivity index (χ0n) is 25.1. The van der Waals surface area contributed by atoms with Gasteiger partial charge in [-0.25, -0.2) is 9.78 Å². The van der Waals surface area contributed by atoms with Gasteiger partial charge in [-0.2, -0.15) is 0 Å². The molecule has 0 bridgehead atoms. The second-order valence-corrected chi connectivity index (χ2v) is 11.2. The van der Waals surface area contributed by atoms with E-state index in [1.165, 1.54) is 5.56 Å². The van der Waals surface area contributed by atoms with Crippen LogP contribution in [0.25, 0.3) is 33.5 Å². The van der Waals surface area contributed by atoms with E-state index in [4.69, 9.17) is 4.98 Å². The third kappa shape index (κ3) is 6.31. The first-order valence-electron chi connectivity index (χ1n) is 15.2. The summed E-state index contributed by atoms with van der Waals surface area (Å²) in [6.07, 6.45) is 2.52. The molecule has 0 radical (unpaired) electrons. The number of hydrogen-bond donors (Lipinski definition) is 2. The van der Waals surface area contributed by atoms with E-state index < -0.39 is 0 Å². The minimum Gasteiger partial charge on any atom is -0.319 e. The number of likely N-dealkylation sites (tertiary alicyclic amines) is 1. The van der Waals surface area contributed by atoms with E-state index in [2.05, 4.69) is 53.0 Å². The minimum absolute atomic E-state index is 0.0162. The smallest absolute Gasteiger partial charge is 0.319 e. The van der Waals surface area contributed by atoms with Crippen LogP contribution >= 0.6 is 0 Å². The largest absolute Gasteiger partial charge is 0.326 e.